The van der Waals surface area contributed by atoms with Crippen LogP contribution in [0.15, 0.2) is 18.2 Å². The van der Waals surface area contributed by atoms with E-state index in [1.54, 1.807) is 0 Å². The van der Waals surface area contributed by atoms with Gasteiger partial charge in [-0.05, 0) is 36.5 Å². The molecular weight excluding hydrogens is 187 g/mol. The molecule has 1 saturated carbocycles. The van der Waals surface area contributed by atoms with Gasteiger partial charge in [0.2, 0.25) is 0 Å². The van der Waals surface area contributed by atoms with E-state index in [2.05, 4.69) is 25.7 Å². The Labute approximate surface area is 90.5 Å². The fourth-order valence-electron chi connectivity index (χ4n) is 1.41. The Bertz CT molecular complexity index is 417. The highest BCUT2D eigenvalue weighted by Gasteiger charge is 2.17. The lowest BCUT2D eigenvalue weighted by Gasteiger charge is -2.05. The van der Waals surface area contributed by atoms with Crippen LogP contribution in [-0.2, 0) is 0 Å². The van der Waals surface area contributed by atoms with Crippen LogP contribution >= 0.6 is 0 Å². The minimum absolute atomic E-state index is 0.201. The van der Waals surface area contributed by atoms with Crippen LogP contribution in [0, 0.1) is 23.6 Å². The summed E-state index contributed by atoms with van der Waals surface area (Å²) in [6.45, 7) is 4.21. The first-order chi connectivity index (χ1) is 7.16. The van der Waals surface area contributed by atoms with E-state index in [1.165, 1.54) is 18.9 Å². The van der Waals surface area contributed by atoms with Crippen molar-refractivity contribution in [2.24, 2.45) is 5.92 Å². The zero-order valence-electron chi connectivity index (χ0n) is 9.18. The summed E-state index contributed by atoms with van der Waals surface area (Å²) in [5.41, 5.74) is 1.70. The van der Waals surface area contributed by atoms with Crippen LogP contribution in [0.4, 0.5) is 4.39 Å². The molecule has 0 aliphatic heterocycles. The lowest BCUT2D eigenvalue weighted by Crippen LogP contribution is -1.91. The number of rotatable bonds is 1. The van der Waals surface area contributed by atoms with Gasteiger partial charge in [0.1, 0.15) is 5.82 Å². The van der Waals surface area contributed by atoms with E-state index in [-0.39, 0.29) is 5.82 Å². The number of hydrogen-bond donors (Lipinski definition) is 0. The van der Waals surface area contributed by atoms with Crippen molar-refractivity contribution < 1.29 is 4.39 Å². The Morgan fingerprint density at radius 3 is 2.67 bits per heavy atom. The Morgan fingerprint density at radius 1 is 1.33 bits per heavy atom. The number of hydrogen-bond acceptors (Lipinski definition) is 0. The maximum atomic E-state index is 13.4. The topological polar surface area (TPSA) is 0 Å². The van der Waals surface area contributed by atoms with Crippen molar-refractivity contribution in [2.45, 2.75) is 32.6 Å². The fraction of sp³-hybridized carbons (Fsp3) is 0.429. The van der Waals surface area contributed by atoms with Gasteiger partial charge in [0.05, 0.1) is 5.56 Å². The van der Waals surface area contributed by atoms with Gasteiger partial charge >= 0.3 is 0 Å². The van der Waals surface area contributed by atoms with Crippen molar-refractivity contribution in [3.63, 3.8) is 0 Å². The van der Waals surface area contributed by atoms with Gasteiger partial charge in [0.15, 0.2) is 0 Å². The molecule has 2 rings (SSSR count). The molecule has 0 atom stereocenters. The largest absolute Gasteiger partial charge is 0.206 e. The van der Waals surface area contributed by atoms with Crippen molar-refractivity contribution in [1.29, 1.82) is 0 Å². The predicted molar refractivity (Wildman–Crippen MR) is 60.1 cm³/mol. The highest BCUT2D eigenvalue weighted by Crippen LogP contribution is 2.27. The third-order valence-corrected chi connectivity index (χ3v) is 2.65. The molecule has 0 aromatic heterocycles. The zero-order valence-corrected chi connectivity index (χ0v) is 9.18. The average Bonchev–Trinajstić information content (AvgIpc) is 3.00. The minimum Gasteiger partial charge on any atom is -0.206 e. The Kier molecular flexibility index (Phi) is 2.77. The molecule has 1 aliphatic carbocycles. The molecule has 1 heteroatoms. The molecule has 0 nitrogen and oxygen atoms in total. The maximum Gasteiger partial charge on any atom is 0.138 e. The van der Waals surface area contributed by atoms with Gasteiger partial charge in [0, 0.05) is 5.92 Å². The van der Waals surface area contributed by atoms with E-state index >= 15 is 0 Å². The molecule has 78 valence electrons. The molecule has 1 aromatic rings. The molecule has 1 aliphatic rings. The Hall–Kier alpha value is -1.29. The molecule has 0 amide bonds. The van der Waals surface area contributed by atoms with Crippen LogP contribution in [0.25, 0.3) is 0 Å². The van der Waals surface area contributed by atoms with Crippen LogP contribution in [-0.4, -0.2) is 0 Å². The summed E-state index contributed by atoms with van der Waals surface area (Å²) in [6.07, 6.45) is 2.36. The first-order valence-electron chi connectivity index (χ1n) is 5.48. The summed E-state index contributed by atoms with van der Waals surface area (Å²) in [5, 5.41) is 0. The van der Waals surface area contributed by atoms with E-state index in [4.69, 9.17) is 0 Å². The molecule has 0 bridgehead atoms. The van der Waals surface area contributed by atoms with Gasteiger partial charge < -0.3 is 0 Å². The molecule has 15 heavy (non-hydrogen) atoms. The fourth-order valence-corrected chi connectivity index (χ4v) is 1.41. The number of benzene rings is 1. The summed E-state index contributed by atoms with van der Waals surface area (Å²) in [5.74, 6) is 6.78. The third kappa shape index (κ3) is 2.59. The van der Waals surface area contributed by atoms with Crippen molar-refractivity contribution in [3.05, 3.63) is 35.1 Å². The molecule has 0 unspecified atom stereocenters. The SMILES string of the molecule is CC(C)c1ccc(F)c(C#CC2CC2)c1. The quantitative estimate of drug-likeness (QED) is 0.609. The molecule has 1 aromatic carbocycles. The lowest BCUT2D eigenvalue weighted by atomic mass is 10.0. The summed E-state index contributed by atoms with van der Waals surface area (Å²) in [7, 11) is 0. The van der Waals surface area contributed by atoms with Crippen molar-refractivity contribution in [3.8, 4) is 11.8 Å². The molecule has 0 heterocycles. The van der Waals surface area contributed by atoms with Gasteiger partial charge in [-0.2, -0.15) is 0 Å². The standard InChI is InChI=1S/C14H15F/c1-10(2)12-7-8-14(15)13(9-12)6-5-11-3-4-11/h7-11H,3-4H2,1-2H3. The van der Waals surface area contributed by atoms with Crippen molar-refractivity contribution in [1.82, 2.24) is 0 Å². The molecule has 0 radical (unpaired) electrons. The second-order valence-corrected chi connectivity index (χ2v) is 4.44. The summed E-state index contributed by atoms with van der Waals surface area (Å²) < 4.78 is 13.4. The van der Waals surface area contributed by atoms with Crippen LogP contribution in [0.3, 0.4) is 0 Å². The van der Waals surface area contributed by atoms with E-state index in [0.29, 0.717) is 17.4 Å². The zero-order chi connectivity index (χ0) is 10.8. The summed E-state index contributed by atoms with van der Waals surface area (Å²) in [4.78, 5) is 0. The van der Waals surface area contributed by atoms with E-state index in [0.717, 1.165) is 5.56 Å². The molecule has 0 saturated heterocycles. The van der Waals surface area contributed by atoms with E-state index in [1.807, 2.05) is 12.1 Å². The Morgan fingerprint density at radius 2 is 2.07 bits per heavy atom. The van der Waals surface area contributed by atoms with Gasteiger partial charge in [-0.3, -0.25) is 0 Å². The van der Waals surface area contributed by atoms with E-state index < -0.39 is 0 Å². The second kappa shape index (κ2) is 4.06. The molecule has 0 spiro atoms. The maximum absolute atomic E-state index is 13.4. The number of halogens is 1. The van der Waals surface area contributed by atoms with Gasteiger partial charge in [0.25, 0.3) is 0 Å². The van der Waals surface area contributed by atoms with Crippen LogP contribution < -0.4 is 0 Å². The first kappa shape index (κ1) is 10.2. The minimum atomic E-state index is -0.201. The van der Waals surface area contributed by atoms with Crippen molar-refractivity contribution in [2.75, 3.05) is 0 Å². The van der Waals surface area contributed by atoms with Crippen molar-refractivity contribution >= 4 is 0 Å². The van der Waals surface area contributed by atoms with Crippen LogP contribution in [0.2, 0.25) is 0 Å². The Balaban J connectivity index is 2.28. The van der Waals surface area contributed by atoms with Crippen LogP contribution in [0.5, 0.6) is 0 Å². The normalized spacial score (nSPS) is 14.9. The van der Waals surface area contributed by atoms with Gasteiger partial charge in [-0.1, -0.05) is 31.8 Å². The smallest absolute Gasteiger partial charge is 0.138 e. The van der Waals surface area contributed by atoms with Crippen LogP contribution in [0.1, 0.15) is 43.7 Å². The second-order valence-electron chi connectivity index (χ2n) is 4.44. The van der Waals surface area contributed by atoms with E-state index in [9.17, 15) is 4.39 Å². The third-order valence-electron chi connectivity index (χ3n) is 2.65. The van der Waals surface area contributed by atoms with Gasteiger partial charge in [-0.15, -0.1) is 0 Å². The molecule has 0 N–H and O–H groups in total. The first-order valence-corrected chi connectivity index (χ1v) is 5.48. The average molecular weight is 202 g/mol. The summed E-state index contributed by atoms with van der Waals surface area (Å²) >= 11 is 0. The predicted octanol–water partition coefficient (Wildman–Crippen LogP) is 3.71. The lowest BCUT2D eigenvalue weighted by molar-refractivity contribution is 0.622. The highest BCUT2D eigenvalue weighted by molar-refractivity contribution is 5.40. The molecule has 1 fully saturated rings. The van der Waals surface area contributed by atoms with Gasteiger partial charge in [-0.25, -0.2) is 4.39 Å². The molecular formula is C14H15F. The highest BCUT2D eigenvalue weighted by atomic mass is 19.1. The summed E-state index contributed by atoms with van der Waals surface area (Å²) in [6, 6.07) is 5.23. The monoisotopic (exact) mass is 202 g/mol.